The Balaban J connectivity index is 1.79. The molecule has 0 saturated carbocycles. The third kappa shape index (κ3) is 2.58. The van der Waals surface area contributed by atoms with Crippen LogP contribution in [0.1, 0.15) is 16.9 Å². The van der Waals surface area contributed by atoms with Crippen molar-refractivity contribution in [2.75, 3.05) is 13.2 Å². The van der Waals surface area contributed by atoms with Crippen LogP contribution >= 0.6 is 0 Å². The van der Waals surface area contributed by atoms with E-state index in [2.05, 4.69) is 10.4 Å². The number of aromatic nitrogens is 2. The van der Waals surface area contributed by atoms with Crippen LogP contribution in [0.15, 0.2) is 42.6 Å². The highest BCUT2D eigenvalue weighted by Gasteiger charge is 2.44. The molecule has 0 spiro atoms. The van der Waals surface area contributed by atoms with Crippen LogP contribution in [0.25, 0.3) is 5.69 Å². The fraction of sp³-hybridized carbons (Fsp3) is 0.267. The van der Waals surface area contributed by atoms with Crippen LogP contribution in [0.2, 0.25) is 0 Å². The predicted octanol–water partition coefficient (Wildman–Crippen LogP) is 0.846. The van der Waals surface area contributed by atoms with Crippen molar-refractivity contribution in [3.8, 4) is 5.69 Å². The second-order valence-electron chi connectivity index (χ2n) is 5.13. The minimum absolute atomic E-state index is 0.0343. The first-order valence-corrected chi connectivity index (χ1v) is 6.85. The van der Waals surface area contributed by atoms with Gasteiger partial charge in [-0.05, 0) is 18.2 Å². The average molecular weight is 301 g/mol. The van der Waals surface area contributed by atoms with Crippen LogP contribution in [0.3, 0.4) is 0 Å². The first-order valence-electron chi connectivity index (χ1n) is 6.85. The molecule has 0 radical (unpaired) electrons. The monoisotopic (exact) mass is 301 g/mol. The molecular formula is C15H15N3O4. The molecule has 0 aliphatic carbocycles. The zero-order chi connectivity index (χ0) is 15.6. The van der Waals surface area contributed by atoms with Gasteiger partial charge in [-0.1, -0.05) is 18.2 Å². The van der Waals surface area contributed by atoms with Gasteiger partial charge in [0, 0.05) is 19.2 Å². The zero-order valence-corrected chi connectivity index (χ0v) is 11.7. The van der Waals surface area contributed by atoms with Crippen molar-refractivity contribution in [2.45, 2.75) is 12.0 Å². The molecule has 7 nitrogen and oxygen atoms in total. The number of nitrogens with one attached hydrogen (secondary N) is 1. The number of carbonyl (C=O) groups excluding carboxylic acids is 1. The SMILES string of the molecule is O=C(NC1(C(=O)O)CCOC1)c1ccn(-c2ccccc2)n1. The number of hydrogen-bond acceptors (Lipinski definition) is 4. The molecule has 1 fully saturated rings. The van der Waals surface area contributed by atoms with E-state index in [-0.39, 0.29) is 18.7 Å². The van der Waals surface area contributed by atoms with E-state index >= 15 is 0 Å². The number of ether oxygens (including phenoxy) is 1. The normalized spacial score (nSPS) is 20.7. The van der Waals surface area contributed by atoms with Crippen molar-refractivity contribution in [1.82, 2.24) is 15.1 Å². The fourth-order valence-corrected chi connectivity index (χ4v) is 2.34. The summed E-state index contributed by atoms with van der Waals surface area (Å²) in [6, 6.07) is 10.9. The number of aliphatic carboxylic acids is 1. The highest BCUT2D eigenvalue weighted by atomic mass is 16.5. The predicted molar refractivity (Wildman–Crippen MR) is 76.8 cm³/mol. The molecule has 1 aromatic carbocycles. The summed E-state index contributed by atoms with van der Waals surface area (Å²) in [5.74, 6) is -1.62. The first kappa shape index (κ1) is 14.3. The zero-order valence-electron chi connectivity index (χ0n) is 11.7. The first-order chi connectivity index (χ1) is 10.6. The Labute approximate surface area is 126 Å². The molecule has 1 aliphatic rings. The molecule has 7 heteroatoms. The van der Waals surface area contributed by atoms with Gasteiger partial charge in [0.2, 0.25) is 0 Å². The highest BCUT2D eigenvalue weighted by Crippen LogP contribution is 2.19. The molecule has 3 rings (SSSR count). The largest absolute Gasteiger partial charge is 0.479 e. The minimum atomic E-state index is -1.37. The summed E-state index contributed by atoms with van der Waals surface area (Å²) >= 11 is 0. The van der Waals surface area contributed by atoms with Crippen molar-refractivity contribution < 1.29 is 19.4 Å². The fourth-order valence-electron chi connectivity index (χ4n) is 2.34. The van der Waals surface area contributed by atoms with E-state index in [1.54, 1.807) is 16.9 Å². The Kier molecular flexibility index (Phi) is 3.64. The number of carbonyl (C=O) groups is 2. The van der Waals surface area contributed by atoms with Gasteiger partial charge >= 0.3 is 5.97 Å². The van der Waals surface area contributed by atoms with Gasteiger partial charge in [-0.3, -0.25) is 4.79 Å². The van der Waals surface area contributed by atoms with E-state index in [0.717, 1.165) is 5.69 Å². The number of amides is 1. The summed E-state index contributed by atoms with van der Waals surface area (Å²) in [5.41, 5.74) is -0.386. The van der Waals surface area contributed by atoms with Crippen molar-refractivity contribution in [1.29, 1.82) is 0 Å². The standard InChI is InChI=1S/C15H15N3O4/c19-13(16-15(14(20)21)7-9-22-10-15)12-6-8-18(17-12)11-4-2-1-3-5-11/h1-6,8H,7,9-10H2,(H,16,19)(H,20,21). The van der Waals surface area contributed by atoms with E-state index in [1.807, 2.05) is 30.3 Å². The van der Waals surface area contributed by atoms with Crippen LogP contribution in [0, 0.1) is 0 Å². The number of para-hydroxylation sites is 1. The Morgan fingerprint density at radius 2 is 2.05 bits per heavy atom. The third-order valence-corrected chi connectivity index (χ3v) is 3.63. The molecule has 2 heterocycles. The quantitative estimate of drug-likeness (QED) is 0.873. The van der Waals surface area contributed by atoms with Crippen molar-refractivity contribution >= 4 is 11.9 Å². The molecule has 1 saturated heterocycles. The Hall–Kier alpha value is -2.67. The molecule has 1 unspecified atom stereocenters. The number of nitrogens with zero attached hydrogens (tertiary/aromatic N) is 2. The summed E-state index contributed by atoms with van der Waals surface area (Å²) in [5, 5.41) is 16.0. The topological polar surface area (TPSA) is 93.5 Å². The van der Waals surface area contributed by atoms with Crippen LogP contribution < -0.4 is 5.32 Å². The molecule has 22 heavy (non-hydrogen) atoms. The van der Waals surface area contributed by atoms with E-state index in [1.165, 1.54) is 0 Å². The lowest BCUT2D eigenvalue weighted by molar-refractivity contribution is -0.144. The summed E-state index contributed by atoms with van der Waals surface area (Å²) in [4.78, 5) is 23.6. The summed E-state index contributed by atoms with van der Waals surface area (Å²) in [6.45, 7) is 0.276. The second-order valence-corrected chi connectivity index (χ2v) is 5.13. The molecule has 1 aliphatic heterocycles. The van der Waals surface area contributed by atoms with E-state index in [0.29, 0.717) is 6.61 Å². The van der Waals surface area contributed by atoms with Gasteiger partial charge < -0.3 is 15.2 Å². The van der Waals surface area contributed by atoms with Crippen LogP contribution in [0.5, 0.6) is 0 Å². The molecule has 2 aromatic rings. The van der Waals surface area contributed by atoms with Crippen molar-refractivity contribution in [2.24, 2.45) is 0 Å². The molecule has 114 valence electrons. The van der Waals surface area contributed by atoms with Crippen molar-refractivity contribution in [3.63, 3.8) is 0 Å². The van der Waals surface area contributed by atoms with Gasteiger partial charge in [0.05, 0.1) is 12.3 Å². The molecule has 2 N–H and O–H groups in total. The van der Waals surface area contributed by atoms with Gasteiger partial charge in [0.15, 0.2) is 11.2 Å². The van der Waals surface area contributed by atoms with E-state index in [4.69, 9.17) is 4.74 Å². The number of carboxylic acids is 1. The van der Waals surface area contributed by atoms with Crippen LogP contribution in [0.4, 0.5) is 0 Å². The molecule has 1 atom stereocenters. The Morgan fingerprint density at radius 3 is 2.68 bits per heavy atom. The Bertz CT molecular complexity index is 690. The summed E-state index contributed by atoms with van der Waals surface area (Å²) in [7, 11) is 0. The molecular weight excluding hydrogens is 286 g/mol. The lowest BCUT2D eigenvalue weighted by Crippen LogP contribution is -2.55. The number of carboxylic acid groups (broad SMARTS) is 1. The van der Waals surface area contributed by atoms with Gasteiger partial charge in [0.25, 0.3) is 5.91 Å². The van der Waals surface area contributed by atoms with Gasteiger partial charge in [-0.25, -0.2) is 9.48 Å². The van der Waals surface area contributed by atoms with Gasteiger partial charge in [-0.15, -0.1) is 0 Å². The van der Waals surface area contributed by atoms with Gasteiger partial charge in [0.1, 0.15) is 0 Å². The number of hydrogen-bond donors (Lipinski definition) is 2. The summed E-state index contributed by atoms with van der Waals surface area (Å²) in [6.07, 6.45) is 1.90. The smallest absolute Gasteiger partial charge is 0.331 e. The average Bonchev–Trinajstić information content (AvgIpc) is 3.18. The molecule has 1 amide bonds. The maximum Gasteiger partial charge on any atom is 0.331 e. The van der Waals surface area contributed by atoms with Crippen LogP contribution in [-0.2, 0) is 9.53 Å². The molecule has 1 aromatic heterocycles. The van der Waals surface area contributed by atoms with Crippen molar-refractivity contribution in [3.05, 3.63) is 48.3 Å². The third-order valence-electron chi connectivity index (χ3n) is 3.63. The van der Waals surface area contributed by atoms with E-state index in [9.17, 15) is 14.7 Å². The lowest BCUT2D eigenvalue weighted by atomic mass is 9.99. The maximum atomic E-state index is 12.2. The lowest BCUT2D eigenvalue weighted by Gasteiger charge is -2.22. The molecule has 0 bridgehead atoms. The highest BCUT2D eigenvalue weighted by molar-refractivity contribution is 5.96. The van der Waals surface area contributed by atoms with E-state index < -0.39 is 17.4 Å². The van der Waals surface area contributed by atoms with Crippen LogP contribution in [-0.4, -0.2) is 45.5 Å². The maximum absolute atomic E-state index is 12.2. The summed E-state index contributed by atoms with van der Waals surface area (Å²) < 4.78 is 6.67. The number of benzene rings is 1. The second kappa shape index (κ2) is 5.61. The van der Waals surface area contributed by atoms with Gasteiger partial charge in [-0.2, -0.15) is 5.10 Å². The minimum Gasteiger partial charge on any atom is -0.479 e. The number of rotatable bonds is 4. The Morgan fingerprint density at radius 1 is 1.27 bits per heavy atom.